The molecule has 0 aromatic rings. The van der Waals surface area contributed by atoms with Gasteiger partial charge in [0.05, 0.1) is 6.61 Å². The molecule has 1 aliphatic carbocycles. The van der Waals surface area contributed by atoms with Gasteiger partial charge in [-0.25, -0.2) is 0 Å². The van der Waals surface area contributed by atoms with Gasteiger partial charge in [-0.1, -0.05) is 28.1 Å². The van der Waals surface area contributed by atoms with Gasteiger partial charge in [0.25, 0.3) is 0 Å². The van der Waals surface area contributed by atoms with Gasteiger partial charge in [-0.15, -0.1) is 0 Å². The molecule has 12 heavy (non-hydrogen) atoms. The standard InChI is InChI=1S/C10H17BrO/c1-2-12-9-10(8-11)6-4-3-5-7-10/h3-4H,2,5-9H2,1H3. The zero-order valence-corrected chi connectivity index (χ0v) is 9.27. The fourth-order valence-corrected chi connectivity index (χ4v) is 2.22. The summed E-state index contributed by atoms with van der Waals surface area (Å²) in [5, 5.41) is 1.06. The lowest BCUT2D eigenvalue weighted by Crippen LogP contribution is -2.29. The average Bonchev–Trinajstić information content (AvgIpc) is 2.16. The fraction of sp³-hybridized carbons (Fsp3) is 0.800. The van der Waals surface area contributed by atoms with Gasteiger partial charge in [0, 0.05) is 17.4 Å². The third-order valence-electron chi connectivity index (χ3n) is 2.45. The van der Waals surface area contributed by atoms with E-state index in [2.05, 4.69) is 35.0 Å². The Balaban J connectivity index is 2.44. The van der Waals surface area contributed by atoms with Crippen molar-refractivity contribution >= 4 is 15.9 Å². The van der Waals surface area contributed by atoms with Gasteiger partial charge in [0.1, 0.15) is 0 Å². The zero-order valence-electron chi connectivity index (χ0n) is 7.68. The molecule has 1 rings (SSSR count). The molecule has 0 saturated heterocycles. The van der Waals surface area contributed by atoms with Gasteiger partial charge in [-0.3, -0.25) is 0 Å². The molecule has 0 aliphatic heterocycles. The molecule has 1 aliphatic rings. The molecule has 0 fully saturated rings. The molecule has 0 aromatic heterocycles. The van der Waals surface area contributed by atoms with E-state index < -0.39 is 0 Å². The topological polar surface area (TPSA) is 9.23 Å². The monoisotopic (exact) mass is 232 g/mol. The Morgan fingerprint density at radius 3 is 2.83 bits per heavy atom. The van der Waals surface area contributed by atoms with E-state index in [1.807, 2.05) is 0 Å². The van der Waals surface area contributed by atoms with Gasteiger partial charge < -0.3 is 4.74 Å². The van der Waals surface area contributed by atoms with Crippen molar-refractivity contribution < 1.29 is 4.74 Å². The highest BCUT2D eigenvalue weighted by atomic mass is 79.9. The van der Waals surface area contributed by atoms with E-state index in [1.54, 1.807) is 0 Å². The number of hydrogen-bond donors (Lipinski definition) is 0. The quantitative estimate of drug-likeness (QED) is 0.535. The van der Waals surface area contributed by atoms with Crippen LogP contribution in [0.15, 0.2) is 12.2 Å². The molecular formula is C10H17BrO. The van der Waals surface area contributed by atoms with Crippen LogP contribution >= 0.6 is 15.9 Å². The Labute approximate surface area is 83.3 Å². The number of alkyl halides is 1. The van der Waals surface area contributed by atoms with Crippen molar-refractivity contribution in [3.8, 4) is 0 Å². The van der Waals surface area contributed by atoms with Gasteiger partial charge in [-0.2, -0.15) is 0 Å². The van der Waals surface area contributed by atoms with E-state index in [-0.39, 0.29) is 0 Å². The predicted molar refractivity (Wildman–Crippen MR) is 55.7 cm³/mol. The maximum Gasteiger partial charge on any atom is 0.0533 e. The Bertz CT molecular complexity index is 156. The van der Waals surface area contributed by atoms with Crippen LogP contribution in [0.25, 0.3) is 0 Å². The minimum Gasteiger partial charge on any atom is -0.381 e. The summed E-state index contributed by atoms with van der Waals surface area (Å²) in [6.45, 7) is 3.79. The van der Waals surface area contributed by atoms with E-state index in [4.69, 9.17) is 4.74 Å². The van der Waals surface area contributed by atoms with Crippen LogP contribution < -0.4 is 0 Å². The summed E-state index contributed by atoms with van der Waals surface area (Å²) in [6.07, 6.45) is 8.18. The second-order valence-electron chi connectivity index (χ2n) is 3.48. The van der Waals surface area contributed by atoms with Crippen LogP contribution in [0.5, 0.6) is 0 Å². The molecule has 1 unspecified atom stereocenters. The molecule has 0 radical (unpaired) electrons. The summed E-state index contributed by atoms with van der Waals surface area (Å²) in [5.74, 6) is 0. The first-order valence-electron chi connectivity index (χ1n) is 4.62. The highest BCUT2D eigenvalue weighted by Gasteiger charge is 2.28. The summed E-state index contributed by atoms with van der Waals surface area (Å²) >= 11 is 3.58. The van der Waals surface area contributed by atoms with Gasteiger partial charge in [0.15, 0.2) is 0 Å². The second kappa shape index (κ2) is 5.03. The first-order valence-corrected chi connectivity index (χ1v) is 5.74. The number of hydrogen-bond acceptors (Lipinski definition) is 1. The number of halogens is 1. The summed E-state index contributed by atoms with van der Waals surface area (Å²) in [4.78, 5) is 0. The molecule has 2 heteroatoms. The van der Waals surface area contributed by atoms with Crippen LogP contribution in [0, 0.1) is 5.41 Å². The lowest BCUT2D eigenvalue weighted by molar-refractivity contribution is 0.0589. The fourth-order valence-electron chi connectivity index (χ4n) is 1.55. The smallest absolute Gasteiger partial charge is 0.0533 e. The Kier molecular flexibility index (Phi) is 4.30. The van der Waals surface area contributed by atoms with E-state index >= 15 is 0 Å². The van der Waals surface area contributed by atoms with Crippen LogP contribution in [-0.2, 0) is 4.74 Å². The molecule has 0 saturated carbocycles. The predicted octanol–water partition coefficient (Wildman–Crippen LogP) is 3.14. The normalized spacial score (nSPS) is 29.2. The summed E-state index contributed by atoms with van der Waals surface area (Å²) in [7, 11) is 0. The van der Waals surface area contributed by atoms with Crippen molar-refractivity contribution in [1.29, 1.82) is 0 Å². The molecule has 0 aromatic carbocycles. The maximum absolute atomic E-state index is 5.50. The minimum absolute atomic E-state index is 0.380. The Hall–Kier alpha value is 0.180. The van der Waals surface area contributed by atoms with E-state index in [1.165, 1.54) is 12.8 Å². The lowest BCUT2D eigenvalue weighted by atomic mass is 9.80. The summed E-state index contributed by atoms with van der Waals surface area (Å²) in [6, 6.07) is 0. The van der Waals surface area contributed by atoms with E-state index in [0.29, 0.717) is 5.41 Å². The van der Waals surface area contributed by atoms with Crippen LogP contribution in [0.1, 0.15) is 26.2 Å². The second-order valence-corrected chi connectivity index (χ2v) is 4.05. The molecule has 0 N–H and O–H groups in total. The van der Waals surface area contributed by atoms with Crippen molar-refractivity contribution in [1.82, 2.24) is 0 Å². The zero-order chi connectivity index (χ0) is 8.86. The lowest BCUT2D eigenvalue weighted by Gasteiger charge is -2.32. The van der Waals surface area contributed by atoms with Crippen molar-refractivity contribution in [2.24, 2.45) is 5.41 Å². The van der Waals surface area contributed by atoms with Crippen LogP contribution in [0.3, 0.4) is 0 Å². The number of rotatable bonds is 4. The highest BCUT2D eigenvalue weighted by Crippen LogP contribution is 2.34. The first-order chi connectivity index (χ1) is 5.83. The Morgan fingerprint density at radius 1 is 1.50 bits per heavy atom. The number of allylic oxidation sites excluding steroid dienone is 2. The van der Waals surface area contributed by atoms with Crippen LogP contribution in [0.2, 0.25) is 0 Å². The van der Waals surface area contributed by atoms with E-state index in [9.17, 15) is 0 Å². The van der Waals surface area contributed by atoms with Gasteiger partial charge in [-0.05, 0) is 26.2 Å². The SMILES string of the molecule is CCOCC1(CBr)CC=CCC1. The Morgan fingerprint density at radius 2 is 2.33 bits per heavy atom. The van der Waals surface area contributed by atoms with Crippen LogP contribution in [-0.4, -0.2) is 18.5 Å². The van der Waals surface area contributed by atoms with Crippen molar-refractivity contribution in [2.75, 3.05) is 18.5 Å². The first kappa shape index (κ1) is 10.3. The minimum atomic E-state index is 0.380. The summed E-state index contributed by atoms with van der Waals surface area (Å²) < 4.78 is 5.50. The average molecular weight is 233 g/mol. The van der Waals surface area contributed by atoms with Gasteiger partial charge >= 0.3 is 0 Å². The third kappa shape index (κ3) is 2.60. The van der Waals surface area contributed by atoms with E-state index in [0.717, 1.165) is 25.0 Å². The van der Waals surface area contributed by atoms with Crippen molar-refractivity contribution in [3.63, 3.8) is 0 Å². The molecule has 0 amide bonds. The molecule has 0 spiro atoms. The molecule has 1 atom stereocenters. The molecule has 70 valence electrons. The molecular weight excluding hydrogens is 216 g/mol. The highest BCUT2D eigenvalue weighted by molar-refractivity contribution is 9.09. The van der Waals surface area contributed by atoms with Gasteiger partial charge in [0.2, 0.25) is 0 Å². The van der Waals surface area contributed by atoms with Crippen molar-refractivity contribution in [2.45, 2.75) is 26.2 Å². The third-order valence-corrected chi connectivity index (χ3v) is 3.64. The molecule has 0 heterocycles. The molecule has 1 nitrogen and oxygen atoms in total. The largest absolute Gasteiger partial charge is 0.381 e. The van der Waals surface area contributed by atoms with Crippen LogP contribution in [0.4, 0.5) is 0 Å². The molecule has 0 bridgehead atoms. The summed E-state index contributed by atoms with van der Waals surface area (Å²) in [5.41, 5.74) is 0.380. The maximum atomic E-state index is 5.50. The number of ether oxygens (including phenoxy) is 1. The van der Waals surface area contributed by atoms with Crippen molar-refractivity contribution in [3.05, 3.63) is 12.2 Å².